The zero-order chi connectivity index (χ0) is 14.5. The molecule has 0 spiro atoms. The fourth-order valence-electron chi connectivity index (χ4n) is 1.79. The van der Waals surface area contributed by atoms with E-state index < -0.39 is 0 Å². The molecule has 0 aliphatic carbocycles. The van der Waals surface area contributed by atoms with Gasteiger partial charge in [-0.1, -0.05) is 30.3 Å². The Morgan fingerprint density at radius 3 is 2.37 bits per heavy atom. The summed E-state index contributed by atoms with van der Waals surface area (Å²) in [5.74, 6) is 0. The molecule has 0 heterocycles. The summed E-state index contributed by atoms with van der Waals surface area (Å²) in [6, 6.07) is 7.99. The molecule has 0 fully saturated rings. The topological polar surface area (TPSA) is 15.3 Å². The molecule has 0 aromatic heterocycles. The molecule has 3 heteroatoms. The lowest BCUT2D eigenvalue weighted by Gasteiger charge is -2.23. The van der Waals surface area contributed by atoms with Crippen molar-refractivity contribution < 1.29 is 0 Å². The smallest absolute Gasteiger partial charge is 0.0406 e. The van der Waals surface area contributed by atoms with Gasteiger partial charge in [-0.15, -0.1) is 0 Å². The Morgan fingerprint density at radius 2 is 1.84 bits per heavy atom. The number of likely N-dealkylation sites (N-methyl/N-ethyl adjacent to an activating group) is 1. The second-order valence-electron chi connectivity index (χ2n) is 6.15. The largest absolute Gasteiger partial charge is 0.308 e. The van der Waals surface area contributed by atoms with E-state index in [1.165, 1.54) is 11.1 Å². The first-order chi connectivity index (χ1) is 8.76. The van der Waals surface area contributed by atoms with Gasteiger partial charge in [-0.3, -0.25) is 4.90 Å². The van der Waals surface area contributed by atoms with Crippen LogP contribution in [-0.2, 0) is 6.54 Å². The van der Waals surface area contributed by atoms with Crippen LogP contribution >= 0.6 is 11.6 Å². The molecule has 0 unspecified atom stereocenters. The molecule has 0 saturated heterocycles. The third-order valence-electron chi connectivity index (χ3n) is 2.73. The molecule has 0 atom stereocenters. The Hall–Kier alpha value is -0.830. The zero-order valence-electron chi connectivity index (χ0n) is 12.5. The molecule has 0 aliphatic heterocycles. The van der Waals surface area contributed by atoms with Crippen molar-refractivity contribution in [1.82, 2.24) is 10.2 Å². The van der Waals surface area contributed by atoms with Gasteiger partial charge in [0.2, 0.25) is 0 Å². The van der Waals surface area contributed by atoms with E-state index in [2.05, 4.69) is 56.7 Å². The van der Waals surface area contributed by atoms with E-state index in [1.807, 2.05) is 12.1 Å². The molecule has 19 heavy (non-hydrogen) atoms. The molecule has 1 aromatic rings. The molecular formula is C16H25ClN2. The van der Waals surface area contributed by atoms with Crippen molar-refractivity contribution in [2.45, 2.75) is 32.9 Å². The highest BCUT2D eigenvalue weighted by Crippen LogP contribution is 2.11. The maximum absolute atomic E-state index is 5.88. The van der Waals surface area contributed by atoms with Gasteiger partial charge in [0.25, 0.3) is 0 Å². The highest BCUT2D eigenvalue weighted by molar-refractivity contribution is 6.30. The first-order valence-corrected chi connectivity index (χ1v) is 6.99. The van der Waals surface area contributed by atoms with Gasteiger partial charge in [0.05, 0.1) is 0 Å². The average molecular weight is 281 g/mol. The molecule has 0 bridgehead atoms. The third kappa shape index (κ3) is 7.36. The third-order valence-corrected chi connectivity index (χ3v) is 2.98. The van der Waals surface area contributed by atoms with Crippen molar-refractivity contribution in [3.8, 4) is 0 Å². The van der Waals surface area contributed by atoms with Crippen molar-refractivity contribution in [2.24, 2.45) is 0 Å². The maximum atomic E-state index is 5.88. The van der Waals surface area contributed by atoms with Crippen molar-refractivity contribution in [3.63, 3.8) is 0 Å². The van der Waals surface area contributed by atoms with E-state index in [0.717, 1.165) is 24.7 Å². The minimum atomic E-state index is 0.137. The minimum Gasteiger partial charge on any atom is -0.308 e. The second kappa shape index (κ2) is 7.09. The quantitative estimate of drug-likeness (QED) is 0.799. The number of hydrogen-bond acceptors (Lipinski definition) is 2. The zero-order valence-corrected chi connectivity index (χ0v) is 13.2. The van der Waals surface area contributed by atoms with E-state index in [0.29, 0.717) is 0 Å². The molecule has 0 radical (unpaired) electrons. The molecule has 1 aromatic carbocycles. The summed E-state index contributed by atoms with van der Waals surface area (Å²) >= 11 is 5.88. The van der Waals surface area contributed by atoms with Crippen LogP contribution in [0.3, 0.4) is 0 Å². The molecule has 1 N–H and O–H groups in total. The lowest BCUT2D eigenvalue weighted by Crippen LogP contribution is -2.38. The van der Waals surface area contributed by atoms with E-state index >= 15 is 0 Å². The summed E-state index contributed by atoms with van der Waals surface area (Å²) in [5, 5.41) is 4.24. The van der Waals surface area contributed by atoms with Crippen LogP contribution in [0.1, 0.15) is 26.3 Å². The number of halogens is 1. The molecular weight excluding hydrogens is 256 g/mol. The van der Waals surface area contributed by atoms with E-state index in [9.17, 15) is 0 Å². The summed E-state index contributed by atoms with van der Waals surface area (Å²) in [6.07, 6.45) is 0. The highest BCUT2D eigenvalue weighted by Gasteiger charge is 2.09. The van der Waals surface area contributed by atoms with Gasteiger partial charge < -0.3 is 5.32 Å². The molecule has 106 valence electrons. The number of nitrogens with zero attached hydrogens (tertiary/aromatic N) is 1. The fraction of sp³-hybridized carbons (Fsp3) is 0.500. The lowest BCUT2D eigenvalue weighted by atomic mass is 10.1. The Balaban J connectivity index is 2.36. The van der Waals surface area contributed by atoms with Crippen molar-refractivity contribution in [1.29, 1.82) is 0 Å². The van der Waals surface area contributed by atoms with Crippen LogP contribution in [-0.4, -0.2) is 30.6 Å². The first kappa shape index (κ1) is 16.2. The summed E-state index contributed by atoms with van der Waals surface area (Å²) in [6.45, 7) is 13.3. The predicted octanol–water partition coefficient (Wildman–Crippen LogP) is 3.72. The number of hydrogen-bond donors (Lipinski definition) is 1. The lowest BCUT2D eigenvalue weighted by molar-refractivity contribution is 0.346. The van der Waals surface area contributed by atoms with Crippen molar-refractivity contribution in [3.05, 3.63) is 47.0 Å². The monoisotopic (exact) mass is 280 g/mol. The molecule has 0 aliphatic rings. The van der Waals surface area contributed by atoms with Crippen LogP contribution in [0.2, 0.25) is 5.02 Å². The van der Waals surface area contributed by atoms with Gasteiger partial charge >= 0.3 is 0 Å². The predicted molar refractivity (Wildman–Crippen MR) is 84.7 cm³/mol. The Kier molecular flexibility index (Phi) is 6.05. The fourth-order valence-corrected chi connectivity index (χ4v) is 1.91. The summed E-state index contributed by atoms with van der Waals surface area (Å²) in [7, 11) is 2.11. The van der Waals surface area contributed by atoms with Gasteiger partial charge in [0.1, 0.15) is 0 Å². The van der Waals surface area contributed by atoms with Crippen molar-refractivity contribution >= 4 is 11.6 Å². The first-order valence-electron chi connectivity index (χ1n) is 6.61. The van der Waals surface area contributed by atoms with Crippen LogP contribution < -0.4 is 5.32 Å². The minimum absolute atomic E-state index is 0.137. The van der Waals surface area contributed by atoms with Crippen LogP contribution in [0.5, 0.6) is 0 Å². The Morgan fingerprint density at radius 1 is 1.26 bits per heavy atom. The van der Waals surface area contributed by atoms with Gasteiger partial charge in [-0.2, -0.15) is 0 Å². The van der Waals surface area contributed by atoms with E-state index in [-0.39, 0.29) is 5.54 Å². The average Bonchev–Trinajstić information content (AvgIpc) is 2.29. The van der Waals surface area contributed by atoms with Gasteiger partial charge in [0, 0.05) is 30.2 Å². The highest BCUT2D eigenvalue weighted by atomic mass is 35.5. The summed E-state index contributed by atoms with van der Waals surface area (Å²) in [4.78, 5) is 2.26. The molecule has 1 rings (SSSR count). The van der Waals surface area contributed by atoms with E-state index in [1.54, 1.807) is 0 Å². The normalized spacial score (nSPS) is 11.9. The van der Waals surface area contributed by atoms with Gasteiger partial charge in [-0.25, -0.2) is 0 Å². The van der Waals surface area contributed by atoms with Gasteiger partial charge in [-0.05, 0) is 51.1 Å². The maximum Gasteiger partial charge on any atom is 0.0406 e. The SMILES string of the molecule is C=C(CNC(C)(C)C)CN(C)Cc1ccc(Cl)cc1. The summed E-state index contributed by atoms with van der Waals surface area (Å²) < 4.78 is 0. The number of benzene rings is 1. The van der Waals surface area contributed by atoms with Crippen LogP contribution in [0, 0.1) is 0 Å². The molecule has 0 saturated carbocycles. The summed E-state index contributed by atoms with van der Waals surface area (Å²) in [5.41, 5.74) is 2.60. The Labute approximate surface area is 122 Å². The second-order valence-corrected chi connectivity index (χ2v) is 6.59. The molecule has 0 amide bonds. The molecule has 2 nitrogen and oxygen atoms in total. The van der Waals surface area contributed by atoms with E-state index in [4.69, 9.17) is 11.6 Å². The van der Waals surface area contributed by atoms with Crippen LogP contribution in [0.4, 0.5) is 0 Å². The number of rotatable bonds is 6. The standard InChI is InChI=1S/C16H25ClN2/c1-13(10-18-16(2,3)4)11-19(5)12-14-6-8-15(17)9-7-14/h6-9,18H,1,10-12H2,2-5H3. The van der Waals surface area contributed by atoms with Crippen LogP contribution in [0.25, 0.3) is 0 Å². The Bertz CT molecular complexity index is 404. The number of nitrogens with one attached hydrogen (secondary N) is 1. The van der Waals surface area contributed by atoms with Crippen LogP contribution in [0.15, 0.2) is 36.4 Å². The van der Waals surface area contributed by atoms with Gasteiger partial charge in [0.15, 0.2) is 0 Å². The van der Waals surface area contributed by atoms with Crippen molar-refractivity contribution in [2.75, 3.05) is 20.1 Å².